The second-order valence-corrected chi connectivity index (χ2v) is 3.29. The molecule has 1 aliphatic carbocycles. The SMILES string of the molecule is C=CC1(C(N)=O)CCCCC1. The van der Waals surface area contributed by atoms with Crippen molar-refractivity contribution in [2.45, 2.75) is 32.1 Å². The summed E-state index contributed by atoms with van der Waals surface area (Å²) in [6.45, 7) is 3.68. The molecule has 0 heterocycles. The van der Waals surface area contributed by atoms with Crippen LogP contribution in [0.1, 0.15) is 32.1 Å². The van der Waals surface area contributed by atoms with E-state index in [0.717, 1.165) is 25.7 Å². The summed E-state index contributed by atoms with van der Waals surface area (Å²) in [6, 6.07) is 0. The van der Waals surface area contributed by atoms with E-state index in [1.54, 1.807) is 6.08 Å². The zero-order valence-corrected chi connectivity index (χ0v) is 6.81. The summed E-state index contributed by atoms with van der Waals surface area (Å²) in [5.41, 5.74) is 4.93. The van der Waals surface area contributed by atoms with Crippen LogP contribution in [0.2, 0.25) is 0 Å². The summed E-state index contributed by atoms with van der Waals surface area (Å²) in [5, 5.41) is 0. The average molecular weight is 153 g/mol. The van der Waals surface area contributed by atoms with Crippen LogP contribution in [0.5, 0.6) is 0 Å². The van der Waals surface area contributed by atoms with Gasteiger partial charge in [0.25, 0.3) is 0 Å². The van der Waals surface area contributed by atoms with Crippen LogP contribution in [0.4, 0.5) is 0 Å². The van der Waals surface area contributed by atoms with E-state index in [-0.39, 0.29) is 11.3 Å². The van der Waals surface area contributed by atoms with Crippen LogP contribution < -0.4 is 5.73 Å². The normalized spacial score (nSPS) is 22.5. The maximum absolute atomic E-state index is 11.1. The fourth-order valence-corrected chi connectivity index (χ4v) is 1.73. The van der Waals surface area contributed by atoms with E-state index in [2.05, 4.69) is 6.58 Å². The molecule has 0 saturated heterocycles. The number of carbonyl (C=O) groups excluding carboxylic acids is 1. The van der Waals surface area contributed by atoms with Gasteiger partial charge in [-0.1, -0.05) is 25.3 Å². The van der Waals surface area contributed by atoms with Crippen LogP contribution in [0, 0.1) is 5.41 Å². The first-order valence-electron chi connectivity index (χ1n) is 4.15. The van der Waals surface area contributed by atoms with Gasteiger partial charge in [0.1, 0.15) is 0 Å². The molecule has 1 rings (SSSR count). The zero-order chi connectivity index (χ0) is 8.32. The van der Waals surface area contributed by atoms with Gasteiger partial charge in [0.05, 0.1) is 5.41 Å². The Labute approximate surface area is 67.5 Å². The molecule has 1 aliphatic rings. The molecule has 0 aliphatic heterocycles. The summed E-state index contributed by atoms with van der Waals surface area (Å²) in [5.74, 6) is -0.202. The number of nitrogens with two attached hydrogens (primary N) is 1. The predicted octanol–water partition coefficient (Wildman–Crippen LogP) is 1.61. The monoisotopic (exact) mass is 153 g/mol. The quantitative estimate of drug-likeness (QED) is 0.602. The Bertz CT molecular complexity index is 168. The standard InChI is InChI=1S/C9H15NO/c1-2-9(8(10)11)6-4-3-5-7-9/h2H,1,3-7H2,(H2,10,11). The Balaban J connectivity index is 2.72. The topological polar surface area (TPSA) is 43.1 Å². The molecule has 0 aromatic carbocycles. The molecule has 2 N–H and O–H groups in total. The smallest absolute Gasteiger partial charge is 0.227 e. The summed E-state index contributed by atoms with van der Waals surface area (Å²) < 4.78 is 0. The Morgan fingerprint density at radius 3 is 2.18 bits per heavy atom. The van der Waals surface area contributed by atoms with E-state index in [4.69, 9.17) is 5.73 Å². The highest BCUT2D eigenvalue weighted by Gasteiger charge is 2.34. The third kappa shape index (κ3) is 1.44. The summed E-state index contributed by atoms with van der Waals surface area (Å²) in [4.78, 5) is 11.1. The van der Waals surface area contributed by atoms with Gasteiger partial charge in [-0.2, -0.15) is 0 Å². The molecule has 0 unspecified atom stereocenters. The van der Waals surface area contributed by atoms with E-state index >= 15 is 0 Å². The molecule has 0 aromatic heterocycles. The summed E-state index contributed by atoms with van der Waals surface area (Å²) >= 11 is 0. The lowest BCUT2D eigenvalue weighted by Crippen LogP contribution is -2.36. The minimum absolute atomic E-state index is 0.202. The predicted molar refractivity (Wildman–Crippen MR) is 44.9 cm³/mol. The fourth-order valence-electron chi connectivity index (χ4n) is 1.73. The molecule has 62 valence electrons. The van der Waals surface area contributed by atoms with Gasteiger partial charge < -0.3 is 5.73 Å². The Morgan fingerprint density at radius 2 is 1.91 bits per heavy atom. The Kier molecular flexibility index (Phi) is 2.32. The highest BCUT2D eigenvalue weighted by Crippen LogP contribution is 2.36. The van der Waals surface area contributed by atoms with Crippen molar-refractivity contribution < 1.29 is 4.79 Å². The maximum Gasteiger partial charge on any atom is 0.227 e. The zero-order valence-electron chi connectivity index (χ0n) is 6.81. The van der Waals surface area contributed by atoms with Crippen molar-refractivity contribution in [1.82, 2.24) is 0 Å². The summed E-state index contributed by atoms with van der Waals surface area (Å²) in [7, 11) is 0. The minimum Gasteiger partial charge on any atom is -0.369 e. The molecule has 2 nitrogen and oxygen atoms in total. The number of hydrogen-bond donors (Lipinski definition) is 1. The minimum atomic E-state index is -0.377. The van der Waals surface area contributed by atoms with Crippen molar-refractivity contribution in [3.63, 3.8) is 0 Å². The van der Waals surface area contributed by atoms with Crippen molar-refractivity contribution in [3.05, 3.63) is 12.7 Å². The van der Waals surface area contributed by atoms with Gasteiger partial charge in [-0.05, 0) is 12.8 Å². The molecule has 0 radical (unpaired) electrons. The van der Waals surface area contributed by atoms with Gasteiger partial charge in [-0.15, -0.1) is 6.58 Å². The van der Waals surface area contributed by atoms with Crippen LogP contribution in [0.25, 0.3) is 0 Å². The first kappa shape index (κ1) is 8.31. The molecule has 2 heteroatoms. The van der Waals surface area contributed by atoms with Crippen LogP contribution in [0.3, 0.4) is 0 Å². The van der Waals surface area contributed by atoms with Crippen LogP contribution >= 0.6 is 0 Å². The van der Waals surface area contributed by atoms with Crippen LogP contribution in [0.15, 0.2) is 12.7 Å². The molecule has 11 heavy (non-hydrogen) atoms. The molecule has 0 atom stereocenters. The molecule has 1 amide bonds. The first-order chi connectivity index (χ1) is 5.21. The number of primary amides is 1. The van der Waals surface area contributed by atoms with E-state index in [1.165, 1.54) is 6.42 Å². The van der Waals surface area contributed by atoms with E-state index in [0.29, 0.717) is 0 Å². The molecule has 0 spiro atoms. The fraction of sp³-hybridized carbons (Fsp3) is 0.667. The van der Waals surface area contributed by atoms with Crippen molar-refractivity contribution >= 4 is 5.91 Å². The lowest BCUT2D eigenvalue weighted by atomic mass is 9.74. The second-order valence-electron chi connectivity index (χ2n) is 3.29. The molecular formula is C9H15NO. The third-order valence-electron chi connectivity index (χ3n) is 2.63. The first-order valence-corrected chi connectivity index (χ1v) is 4.15. The van der Waals surface area contributed by atoms with Gasteiger partial charge in [-0.25, -0.2) is 0 Å². The van der Waals surface area contributed by atoms with Crippen molar-refractivity contribution in [1.29, 1.82) is 0 Å². The van der Waals surface area contributed by atoms with Gasteiger partial charge in [0.2, 0.25) is 5.91 Å². The molecule has 1 saturated carbocycles. The average Bonchev–Trinajstić information content (AvgIpc) is 2.05. The van der Waals surface area contributed by atoms with Crippen molar-refractivity contribution in [2.75, 3.05) is 0 Å². The Morgan fingerprint density at radius 1 is 1.36 bits per heavy atom. The van der Waals surface area contributed by atoms with Crippen LogP contribution in [-0.2, 0) is 4.79 Å². The van der Waals surface area contributed by atoms with Crippen molar-refractivity contribution in [3.8, 4) is 0 Å². The van der Waals surface area contributed by atoms with Gasteiger partial charge in [-0.3, -0.25) is 4.79 Å². The van der Waals surface area contributed by atoms with Crippen LogP contribution in [-0.4, -0.2) is 5.91 Å². The molecule has 0 aromatic rings. The lowest BCUT2D eigenvalue weighted by molar-refractivity contribution is -0.126. The maximum atomic E-state index is 11.1. The van der Waals surface area contributed by atoms with E-state index in [9.17, 15) is 4.79 Å². The lowest BCUT2D eigenvalue weighted by Gasteiger charge is -2.30. The largest absolute Gasteiger partial charge is 0.369 e. The highest BCUT2D eigenvalue weighted by atomic mass is 16.1. The van der Waals surface area contributed by atoms with Gasteiger partial charge in [0.15, 0.2) is 0 Å². The number of rotatable bonds is 2. The van der Waals surface area contributed by atoms with E-state index in [1.807, 2.05) is 0 Å². The second kappa shape index (κ2) is 3.07. The number of hydrogen-bond acceptors (Lipinski definition) is 1. The number of amides is 1. The molecule has 1 fully saturated rings. The summed E-state index contributed by atoms with van der Waals surface area (Å²) in [6.07, 6.45) is 6.96. The molecular weight excluding hydrogens is 138 g/mol. The van der Waals surface area contributed by atoms with Gasteiger partial charge >= 0.3 is 0 Å². The molecule has 0 bridgehead atoms. The van der Waals surface area contributed by atoms with E-state index < -0.39 is 0 Å². The highest BCUT2D eigenvalue weighted by molar-refractivity contribution is 5.82. The number of carbonyl (C=O) groups is 1. The Hall–Kier alpha value is -0.790. The van der Waals surface area contributed by atoms with Crippen molar-refractivity contribution in [2.24, 2.45) is 11.1 Å². The third-order valence-corrected chi connectivity index (χ3v) is 2.63. The van der Waals surface area contributed by atoms with Gasteiger partial charge in [0, 0.05) is 0 Å².